The molecular weight excluding hydrogens is 530 g/mol. The molecule has 216 valence electrons. The number of carbonyl (C=O) groups is 3. The number of rotatable bonds is 14. The summed E-state index contributed by atoms with van der Waals surface area (Å²) in [5, 5.41) is 6.44. The van der Waals surface area contributed by atoms with E-state index in [0.717, 1.165) is 6.42 Å². The normalized spacial score (nSPS) is 10.5. The highest BCUT2D eigenvalue weighted by atomic mass is 16.6. The van der Waals surface area contributed by atoms with Crippen LogP contribution in [0.4, 0.5) is 0 Å². The molecule has 0 aliphatic heterocycles. The van der Waals surface area contributed by atoms with Gasteiger partial charge >= 0.3 is 5.97 Å². The van der Waals surface area contributed by atoms with Crippen molar-refractivity contribution >= 4 is 24.0 Å². The van der Waals surface area contributed by atoms with Crippen LogP contribution >= 0.6 is 0 Å². The van der Waals surface area contributed by atoms with Crippen LogP contribution in [0.3, 0.4) is 0 Å². The fourth-order valence-corrected chi connectivity index (χ4v) is 3.48. The van der Waals surface area contributed by atoms with Crippen LogP contribution in [0, 0.1) is 0 Å². The van der Waals surface area contributed by atoms with Crippen molar-refractivity contribution in [2.45, 2.75) is 20.3 Å². The largest absolute Gasteiger partial charge is 0.494 e. The number of carbonyl (C=O) groups excluding carboxylic acids is 3. The summed E-state index contributed by atoms with van der Waals surface area (Å²) in [6, 6.07) is 16.2. The maximum absolute atomic E-state index is 12.7. The quantitative estimate of drug-likeness (QED) is 0.130. The predicted octanol–water partition coefficient (Wildman–Crippen LogP) is 3.99. The van der Waals surface area contributed by atoms with Gasteiger partial charge in [0.25, 0.3) is 11.8 Å². The van der Waals surface area contributed by atoms with Gasteiger partial charge in [-0.15, -0.1) is 0 Å². The van der Waals surface area contributed by atoms with Crippen molar-refractivity contribution in [3.05, 3.63) is 77.4 Å². The lowest BCUT2D eigenvalue weighted by molar-refractivity contribution is -0.120. The van der Waals surface area contributed by atoms with Gasteiger partial charge in [-0.3, -0.25) is 9.59 Å². The Hall–Kier alpha value is -5.06. The molecular formula is C30H33N3O8. The van der Waals surface area contributed by atoms with Gasteiger partial charge < -0.3 is 29.0 Å². The summed E-state index contributed by atoms with van der Waals surface area (Å²) < 4.78 is 27.1. The molecule has 0 heterocycles. The fraction of sp³-hybridized carbons (Fsp3) is 0.267. The molecule has 41 heavy (non-hydrogen) atoms. The Morgan fingerprint density at radius 1 is 0.805 bits per heavy atom. The molecule has 0 radical (unpaired) electrons. The van der Waals surface area contributed by atoms with Gasteiger partial charge in [-0.25, -0.2) is 10.2 Å². The molecule has 0 bridgehead atoms. The van der Waals surface area contributed by atoms with Crippen LogP contribution in [0.1, 0.15) is 46.5 Å². The van der Waals surface area contributed by atoms with Gasteiger partial charge in [0.15, 0.2) is 23.0 Å². The molecule has 3 aromatic carbocycles. The van der Waals surface area contributed by atoms with Crippen LogP contribution in [0.15, 0.2) is 65.8 Å². The molecule has 2 amide bonds. The Morgan fingerprint density at radius 2 is 1.51 bits per heavy atom. The van der Waals surface area contributed by atoms with E-state index in [2.05, 4.69) is 15.8 Å². The first-order chi connectivity index (χ1) is 19.9. The molecule has 0 aliphatic carbocycles. The molecule has 0 atom stereocenters. The Kier molecular flexibility index (Phi) is 11.5. The molecule has 0 aromatic heterocycles. The molecule has 0 aliphatic rings. The smallest absolute Gasteiger partial charge is 0.343 e. The molecule has 0 unspecified atom stereocenters. The lowest BCUT2D eigenvalue weighted by Gasteiger charge is -2.12. The van der Waals surface area contributed by atoms with E-state index in [1.165, 1.54) is 26.5 Å². The standard InChI is InChI=1S/C30H33N3O8/c1-5-15-40-23-11-8-21(9-12-23)30(36)41-25-13-7-20(16-27(25)39-6-2)18-32-33-28(34)19-31-29(35)22-10-14-24(37-3)26(17-22)38-4/h7-14,16-18H,5-6,15,19H2,1-4H3,(H,31,35)(H,33,34). The van der Waals surface area contributed by atoms with E-state index in [-0.39, 0.29) is 12.3 Å². The van der Waals surface area contributed by atoms with Crippen molar-refractivity contribution in [2.24, 2.45) is 5.10 Å². The summed E-state index contributed by atoms with van der Waals surface area (Å²) in [4.78, 5) is 37.2. The lowest BCUT2D eigenvalue weighted by Crippen LogP contribution is -2.34. The van der Waals surface area contributed by atoms with E-state index in [4.69, 9.17) is 23.7 Å². The third kappa shape index (κ3) is 8.99. The molecule has 0 spiro atoms. The highest BCUT2D eigenvalue weighted by molar-refractivity contribution is 5.97. The first-order valence-electron chi connectivity index (χ1n) is 12.9. The minimum absolute atomic E-state index is 0.238. The summed E-state index contributed by atoms with van der Waals surface area (Å²) in [6.45, 7) is 4.46. The zero-order valence-electron chi connectivity index (χ0n) is 23.4. The van der Waals surface area contributed by atoms with Crippen molar-refractivity contribution in [1.82, 2.24) is 10.7 Å². The second kappa shape index (κ2) is 15.5. The molecule has 11 heteroatoms. The summed E-state index contributed by atoms with van der Waals surface area (Å²) >= 11 is 0. The van der Waals surface area contributed by atoms with Crippen molar-refractivity contribution in [2.75, 3.05) is 34.0 Å². The van der Waals surface area contributed by atoms with E-state index < -0.39 is 17.8 Å². The predicted molar refractivity (Wildman–Crippen MR) is 152 cm³/mol. The van der Waals surface area contributed by atoms with Crippen molar-refractivity contribution in [1.29, 1.82) is 0 Å². The van der Waals surface area contributed by atoms with E-state index in [0.29, 0.717) is 52.9 Å². The second-order valence-corrected chi connectivity index (χ2v) is 8.45. The summed E-state index contributed by atoms with van der Waals surface area (Å²) in [6.07, 6.45) is 2.29. The van der Waals surface area contributed by atoms with Gasteiger partial charge in [0.2, 0.25) is 0 Å². The first-order valence-corrected chi connectivity index (χ1v) is 12.9. The third-order valence-corrected chi connectivity index (χ3v) is 5.49. The third-order valence-electron chi connectivity index (χ3n) is 5.49. The monoisotopic (exact) mass is 563 g/mol. The number of methoxy groups -OCH3 is 2. The lowest BCUT2D eigenvalue weighted by atomic mass is 10.2. The number of nitrogens with one attached hydrogen (secondary N) is 2. The maximum atomic E-state index is 12.7. The van der Waals surface area contributed by atoms with Crippen LogP contribution in [0.25, 0.3) is 0 Å². The first kappa shape index (κ1) is 30.5. The molecule has 0 saturated heterocycles. The zero-order valence-corrected chi connectivity index (χ0v) is 23.4. The Balaban J connectivity index is 1.55. The maximum Gasteiger partial charge on any atom is 0.343 e. The van der Waals surface area contributed by atoms with Gasteiger partial charge in [0.05, 0.1) is 45.8 Å². The van der Waals surface area contributed by atoms with Crippen LogP contribution in [-0.2, 0) is 4.79 Å². The number of ether oxygens (including phenoxy) is 5. The molecule has 3 rings (SSSR count). The van der Waals surface area contributed by atoms with Crippen molar-refractivity contribution in [3.8, 4) is 28.7 Å². The number of esters is 1. The number of nitrogens with zero attached hydrogens (tertiary/aromatic N) is 1. The minimum Gasteiger partial charge on any atom is -0.494 e. The van der Waals surface area contributed by atoms with E-state index >= 15 is 0 Å². The number of benzene rings is 3. The Morgan fingerprint density at radius 3 is 2.20 bits per heavy atom. The number of amides is 2. The topological polar surface area (TPSA) is 134 Å². The summed E-state index contributed by atoms with van der Waals surface area (Å²) in [5.74, 6) is 0.592. The molecule has 0 fully saturated rings. The van der Waals surface area contributed by atoms with Gasteiger partial charge in [0.1, 0.15) is 5.75 Å². The summed E-state index contributed by atoms with van der Waals surface area (Å²) in [7, 11) is 2.96. The molecule has 0 saturated carbocycles. The molecule has 11 nitrogen and oxygen atoms in total. The van der Waals surface area contributed by atoms with Gasteiger partial charge in [0, 0.05) is 5.56 Å². The SMILES string of the molecule is CCCOc1ccc(C(=O)Oc2ccc(C=NNC(=O)CNC(=O)c3ccc(OC)c(OC)c3)cc2OCC)cc1. The van der Waals surface area contributed by atoms with E-state index in [1.54, 1.807) is 61.5 Å². The number of hydrazone groups is 1. The van der Waals surface area contributed by atoms with Gasteiger partial charge in [-0.1, -0.05) is 6.92 Å². The van der Waals surface area contributed by atoms with Crippen LogP contribution in [-0.4, -0.2) is 58.0 Å². The van der Waals surface area contributed by atoms with E-state index in [9.17, 15) is 14.4 Å². The highest BCUT2D eigenvalue weighted by Crippen LogP contribution is 2.29. The Bertz CT molecular complexity index is 1370. The van der Waals surface area contributed by atoms with E-state index in [1.807, 2.05) is 6.92 Å². The van der Waals surface area contributed by atoms with Gasteiger partial charge in [-0.2, -0.15) is 5.10 Å². The zero-order chi connectivity index (χ0) is 29.6. The summed E-state index contributed by atoms with van der Waals surface area (Å²) in [5.41, 5.74) is 3.60. The highest BCUT2D eigenvalue weighted by Gasteiger charge is 2.14. The van der Waals surface area contributed by atoms with Crippen LogP contribution in [0.2, 0.25) is 0 Å². The number of hydrogen-bond donors (Lipinski definition) is 2. The minimum atomic E-state index is -0.545. The number of hydrogen-bond acceptors (Lipinski definition) is 9. The molecule has 3 aromatic rings. The van der Waals surface area contributed by atoms with Gasteiger partial charge in [-0.05, 0) is 79.6 Å². The van der Waals surface area contributed by atoms with Crippen molar-refractivity contribution in [3.63, 3.8) is 0 Å². The second-order valence-electron chi connectivity index (χ2n) is 8.45. The Labute approximate surface area is 238 Å². The average molecular weight is 564 g/mol. The fourth-order valence-electron chi connectivity index (χ4n) is 3.48. The van der Waals surface area contributed by atoms with Crippen LogP contribution in [0.5, 0.6) is 28.7 Å². The molecule has 2 N–H and O–H groups in total. The van der Waals surface area contributed by atoms with Crippen LogP contribution < -0.4 is 34.4 Å². The van der Waals surface area contributed by atoms with Crippen molar-refractivity contribution < 1.29 is 38.1 Å². The average Bonchev–Trinajstić information content (AvgIpc) is 2.99.